The van der Waals surface area contributed by atoms with Crippen LogP contribution in [0, 0.1) is 20.8 Å². The molecule has 0 amide bonds. The molecule has 1 atom stereocenters. The molecular weight excluding hydrogens is 458 g/mol. The number of nitrogens with two attached hydrogens (primary N) is 1. The quantitative estimate of drug-likeness (QED) is 0.476. The van der Waals surface area contributed by atoms with Gasteiger partial charge in [-0.05, 0) is 65.6 Å². The van der Waals surface area contributed by atoms with Gasteiger partial charge in [0.05, 0.1) is 12.1 Å². The van der Waals surface area contributed by atoms with E-state index < -0.39 is 11.6 Å². The number of ether oxygens (including phenoxy) is 1. The summed E-state index contributed by atoms with van der Waals surface area (Å²) in [6.07, 6.45) is 5.09. The number of aromatic nitrogens is 3. The van der Waals surface area contributed by atoms with Gasteiger partial charge in [-0.3, -0.25) is 14.4 Å². The Morgan fingerprint density at radius 1 is 1.17 bits per heavy atom. The lowest BCUT2D eigenvalue weighted by molar-refractivity contribution is -0.155. The van der Waals surface area contributed by atoms with Gasteiger partial charge in [0, 0.05) is 16.0 Å². The summed E-state index contributed by atoms with van der Waals surface area (Å²) in [6, 6.07) is 7.82. The Bertz CT molecular complexity index is 1290. The van der Waals surface area contributed by atoms with Crippen LogP contribution in [0.15, 0.2) is 35.3 Å². The Kier molecular flexibility index (Phi) is 7.05. The molecule has 3 heterocycles. The van der Waals surface area contributed by atoms with E-state index in [0.29, 0.717) is 12.4 Å². The monoisotopic (exact) mass is 491 g/mol. The molecule has 2 aromatic heterocycles. The molecule has 1 aliphatic rings. The molecule has 1 aromatic carbocycles. The number of hydrogen-bond acceptors (Lipinski definition) is 7. The molecule has 0 saturated carbocycles. The summed E-state index contributed by atoms with van der Waals surface area (Å²) in [5.41, 5.74) is 10.2. The zero-order chi connectivity index (χ0) is 25.3. The predicted molar refractivity (Wildman–Crippen MR) is 141 cm³/mol. The van der Waals surface area contributed by atoms with Crippen LogP contribution in [0.4, 0.5) is 0 Å². The van der Waals surface area contributed by atoms with E-state index in [0.717, 1.165) is 39.6 Å². The van der Waals surface area contributed by atoms with Gasteiger partial charge < -0.3 is 10.5 Å². The standard InChI is InChI=1S/C27H33N5O2S/c1-16-17(2)35-26-23(16)24(20-12-10-19(11-13-20)9-7-8-14-28)29-21(15-22(33)34-27(4,5)6)25-31-30-18(3)32(25)26/h7,9-13,21H,8,14-15,28H2,1-6H3/b9-7+/t21-/m1/s1. The van der Waals surface area contributed by atoms with Gasteiger partial charge in [0.1, 0.15) is 22.5 Å². The van der Waals surface area contributed by atoms with Crippen molar-refractivity contribution in [3.63, 3.8) is 0 Å². The number of aliphatic imine (C=N–C) groups is 1. The summed E-state index contributed by atoms with van der Waals surface area (Å²) in [5.74, 6) is 1.12. The third kappa shape index (κ3) is 5.28. The van der Waals surface area contributed by atoms with Crippen LogP contribution in [0.5, 0.6) is 0 Å². The zero-order valence-corrected chi connectivity index (χ0v) is 22.1. The minimum absolute atomic E-state index is 0.0891. The van der Waals surface area contributed by atoms with E-state index in [4.69, 9.17) is 15.5 Å². The first-order chi connectivity index (χ1) is 16.6. The number of rotatable bonds is 6. The van der Waals surface area contributed by atoms with E-state index >= 15 is 0 Å². The number of carbonyl (C=O) groups is 1. The van der Waals surface area contributed by atoms with Crippen LogP contribution in [0.2, 0.25) is 0 Å². The van der Waals surface area contributed by atoms with Crippen LogP contribution in [0.1, 0.15) is 78.4 Å². The molecule has 0 radical (unpaired) electrons. The van der Waals surface area contributed by atoms with Crippen molar-refractivity contribution in [3.8, 4) is 5.00 Å². The molecule has 0 unspecified atom stereocenters. The van der Waals surface area contributed by atoms with E-state index in [1.54, 1.807) is 11.3 Å². The smallest absolute Gasteiger partial charge is 0.308 e. The second-order valence-corrected chi connectivity index (χ2v) is 11.0. The third-order valence-corrected chi connectivity index (χ3v) is 7.04. The fourth-order valence-electron chi connectivity index (χ4n) is 4.13. The molecular formula is C27H33N5O2S. The van der Waals surface area contributed by atoms with Gasteiger partial charge in [0.15, 0.2) is 5.82 Å². The van der Waals surface area contributed by atoms with Gasteiger partial charge in [0.25, 0.3) is 0 Å². The first kappa shape index (κ1) is 25.0. The number of carbonyl (C=O) groups excluding carboxylic acids is 1. The number of aryl methyl sites for hydroxylation is 2. The summed E-state index contributed by atoms with van der Waals surface area (Å²) in [6.45, 7) is 12.4. The summed E-state index contributed by atoms with van der Waals surface area (Å²) in [5, 5.41) is 9.83. The van der Waals surface area contributed by atoms with Crippen molar-refractivity contribution in [2.75, 3.05) is 6.54 Å². The van der Waals surface area contributed by atoms with Crippen molar-refractivity contribution in [1.82, 2.24) is 14.8 Å². The third-order valence-electron chi connectivity index (χ3n) is 5.85. The lowest BCUT2D eigenvalue weighted by atomic mass is 9.98. The molecule has 0 saturated heterocycles. The second-order valence-electron chi connectivity index (χ2n) is 9.79. The Morgan fingerprint density at radius 2 is 1.89 bits per heavy atom. The zero-order valence-electron chi connectivity index (χ0n) is 21.3. The normalized spacial score (nSPS) is 15.5. The molecule has 4 rings (SSSR count). The van der Waals surface area contributed by atoms with Crippen LogP contribution in [-0.4, -0.2) is 38.6 Å². The lowest BCUT2D eigenvalue weighted by Gasteiger charge is -2.21. The summed E-state index contributed by atoms with van der Waals surface area (Å²) in [4.78, 5) is 19.2. The number of thiophene rings is 1. The molecule has 1 aliphatic heterocycles. The first-order valence-electron chi connectivity index (χ1n) is 11.9. The highest BCUT2D eigenvalue weighted by Crippen LogP contribution is 2.39. The number of nitrogens with zero attached hydrogens (tertiary/aromatic N) is 4. The maximum Gasteiger partial charge on any atom is 0.308 e. The van der Waals surface area contributed by atoms with Gasteiger partial charge in [-0.1, -0.05) is 36.4 Å². The maximum absolute atomic E-state index is 12.8. The van der Waals surface area contributed by atoms with Crippen LogP contribution in [0.25, 0.3) is 11.1 Å². The molecule has 184 valence electrons. The summed E-state index contributed by atoms with van der Waals surface area (Å²) in [7, 11) is 0. The molecule has 0 aliphatic carbocycles. The number of fused-ring (bicyclic) bond motifs is 3. The van der Waals surface area contributed by atoms with Crippen molar-refractivity contribution in [2.24, 2.45) is 10.7 Å². The molecule has 3 aromatic rings. The molecule has 0 bridgehead atoms. The topological polar surface area (TPSA) is 95.4 Å². The summed E-state index contributed by atoms with van der Waals surface area (Å²) < 4.78 is 7.68. The fraction of sp³-hybridized carbons (Fsp3) is 0.407. The highest BCUT2D eigenvalue weighted by molar-refractivity contribution is 7.15. The van der Waals surface area contributed by atoms with Gasteiger partial charge in [-0.2, -0.15) is 0 Å². The maximum atomic E-state index is 12.8. The Hall–Kier alpha value is -3.10. The van der Waals surface area contributed by atoms with Crippen LogP contribution in [0.3, 0.4) is 0 Å². The van der Waals surface area contributed by atoms with E-state index in [9.17, 15) is 4.79 Å². The summed E-state index contributed by atoms with van der Waals surface area (Å²) >= 11 is 1.70. The van der Waals surface area contributed by atoms with Crippen LogP contribution < -0.4 is 5.73 Å². The van der Waals surface area contributed by atoms with Crippen molar-refractivity contribution in [3.05, 3.63) is 69.1 Å². The predicted octanol–water partition coefficient (Wildman–Crippen LogP) is 5.24. The molecule has 8 heteroatoms. The van der Waals surface area contributed by atoms with Crippen LogP contribution in [-0.2, 0) is 9.53 Å². The Labute approximate surface area is 210 Å². The first-order valence-corrected chi connectivity index (χ1v) is 12.7. The fourth-order valence-corrected chi connectivity index (χ4v) is 5.35. The largest absolute Gasteiger partial charge is 0.460 e. The van der Waals surface area contributed by atoms with E-state index in [-0.39, 0.29) is 12.4 Å². The van der Waals surface area contributed by atoms with Crippen molar-refractivity contribution < 1.29 is 9.53 Å². The molecule has 35 heavy (non-hydrogen) atoms. The molecule has 0 fully saturated rings. The van der Waals surface area contributed by atoms with E-state index in [2.05, 4.69) is 65.0 Å². The highest BCUT2D eigenvalue weighted by atomic mass is 32.1. The number of esters is 1. The van der Waals surface area contributed by atoms with E-state index in [1.807, 2.05) is 27.7 Å². The van der Waals surface area contributed by atoms with Gasteiger partial charge in [0.2, 0.25) is 0 Å². The van der Waals surface area contributed by atoms with Crippen molar-refractivity contribution >= 4 is 29.1 Å². The van der Waals surface area contributed by atoms with Crippen LogP contribution >= 0.6 is 11.3 Å². The number of benzene rings is 1. The number of hydrogen-bond donors (Lipinski definition) is 1. The van der Waals surface area contributed by atoms with Gasteiger partial charge in [-0.15, -0.1) is 21.5 Å². The average Bonchev–Trinajstić information content (AvgIpc) is 3.25. The minimum Gasteiger partial charge on any atom is -0.460 e. The van der Waals surface area contributed by atoms with Crippen molar-refractivity contribution in [1.29, 1.82) is 0 Å². The lowest BCUT2D eigenvalue weighted by Crippen LogP contribution is -2.25. The molecule has 2 N–H and O–H groups in total. The Morgan fingerprint density at radius 3 is 2.54 bits per heavy atom. The molecule has 0 spiro atoms. The van der Waals surface area contributed by atoms with Gasteiger partial charge in [-0.25, -0.2) is 0 Å². The average molecular weight is 492 g/mol. The Balaban J connectivity index is 1.83. The minimum atomic E-state index is -0.572. The van der Waals surface area contributed by atoms with E-state index in [1.165, 1.54) is 10.4 Å². The van der Waals surface area contributed by atoms with Crippen molar-refractivity contribution in [2.45, 2.75) is 66.0 Å². The highest BCUT2D eigenvalue weighted by Gasteiger charge is 2.33. The SMILES string of the molecule is Cc1sc2c(c1C)C(c1ccc(/C=C/CCN)cc1)=N[C@H](CC(=O)OC(C)(C)C)c1nnc(C)n1-2. The molecule has 7 nitrogen and oxygen atoms in total. The second kappa shape index (κ2) is 9.87. The van der Waals surface area contributed by atoms with Gasteiger partial charge >= 0.3 is 5.97 Å².